The fourth-order valence-electron chi connectivity index (χ4n) is 0.871. The van der Waals surface area contributed by atoms with Gasteiger partial charge in [-0.1, -0.05) is 22.6 Å². The molecule has 4 nitrogen and oxygen atoms in total. The lowest BCUT2D eigenvalue weighted by molar-refractivity contribution is -0.118. The van der Waals surface area contributed by atoms with E-state index in [0.717, 1.165) is 10.1 Å². The Balaban J connectivity index is 2.61. The van der Waals surface area contributed by atoms with Gasteiger partial charge in [0, 0.05) is 23.5 Å². The Hall–Kier alpha value is -0.720. The quantitative estimate of drug-likeness (QED) is 0.660. The third-order valence-corrected chi connectivity index (χ3v) is 2.28. The molecule has 70 valence electrons. The smallest absolute Gasteiger partial charge is 0.217 e. The maximum Gasteiger partial charge on any atom is 0.217 e. The molecule has 13 heavy (non-hydrogen) atoms. The predicted molar refractivity (Wildman–Crippen MR) is 57.3 cm³/mol. The summed E-state index contributed by atoms with van der Waals surface area (Å²) in [6.07, 6.45) is 2.54. The topological polar surface area (TPSA) is 68.9 Å². The van der Waals surface area contributed by atoms with Crippen LogP contribution in [0.15, 0.2) is 12.3 Å². The summed E-state index contributed by atoms with van der Waals surface area (Å²) < 4.78 is 0.851. The summed E-state index contributed by atoms with van der Waals surface area (Å²) in [4.78, 5) is 18.8. The molecule has 0 bridgehead atoms. The molecule has 0 spiro atoms. The summed E-state index contributed by atoms with van der Waals surface area (Å²) in [7, 11) is 0. The van der Waals surface area contributed by atoms with E-state index in [9.17, 15) is 4.79 Å². The Morgan fingerprint density at radius 2 is 2.38 bits per heavy atom. The number of rotatable bonds is 4. The minimum atomic E-state index is -0.316. The highest BCUT2D eigenvalue weighted by atomic mass is 127. The van der Waals surface area contributed by atoms with Crippen molar-refractivity contribution >= 4 is 28.5 Å². The zero-order valence-corrected chi connectivity index (χ0v) is 9.19. The Kier molecular flexibility index (Phi) is 4.07. The molecule has 1 amide bonds. The number of amides is 1. The zero-order valence-electron chi connectivity index (χ0n) is 7.03. The van der Waals surface area contributed by atoms with Gasteiger partial charge in [-0.3, -0.25) is 4.79 Å². The van der Waals surface area contributed by atoms with E-state index >= 15 is 0 Å². The number of aryl methyl sites for hydroxylation is 1. The first-order chi connectivity index (χ1) is 6.22. The van der Waals surface area contributed by atoms with Crippen molar-refractivity contribution in [1.29, 1.82) is 0 Å². The second-order valence-corrected chi connectivity index (χ2v) is 3.33. The molecule has 0 saturated carbocycles. The number of hydrogen-bond donors (Lipinski definition) is 1. The van der Waals surface area contributed by atoms with E-state index in [4.69, 9.17) is 5.73 Å². The molecule has 1 heterocycles. The fraction of sp³-hybridized carbons (Fsp3) is 0.375. The number of carbonyl (C=O) groups excluding carboxylic acids is 1. The van der Waals surface area contributed by atoms with Gasteiger partial charge in [-0.25, -0.2) is 9.97 Å². The molecule has 0 atom stereocenters. The Morgan fingerprint density at radius 1 is 1.62 bits per heavy atom. The van der Waals surface area contributed by atoms with E-state index in [1.807, 2.05) is 6.07 Å². The van der Waals surface area contributed by atoms with Crippen LogP contribution in [0.4, 0.5) is 0 Å². The van der Waals surface area contributed by atoms with Crippen LogP contribution in [0.3, 0.4) is 0 Å². The van der Waals surface area contributed by atoms with Gasteiger partial charge in [0.05, 0.1) is 5.69 Å². The van der Waals surface area contributed by atoms with Gasteiger partial charge in [0.25, 0.3) is 0 Å². The highest BCUT2D eigenvalue weighted by Crippen LogP contribution is 2.02. The van der Waals surface area contributed by atoms with Crippen molar-refractivity contribution in [2.75, 3.05) is 0 Å². The molecular formula is C8H10IN3O. The van der Waals surface area contributed by atoms with Crippen molar-refractivity contribution in [1.82, 2.24) is 9.97 Å². The van der Waals surface area contributed by atoms with Crippen LogP contribution >= 0.6 is 22.6 Å². The van der Waals surface area contributed by atoms with Crippen LogP contribution in [0.5, 0.6) is 0 Å². The highest BCUT2D eigenvalue weighted by molar-refractivity contribution is 14.1. The number of nitrogens with two attached hydrogens (primary N) is 1. The summed E-state index contributed by atoms with van der Waals surface area (Å²) in [5.41, 5.74) is 6.00. The summed E-state index contributed by atoms with van der Waals surface area (Å²) in [5.74, 6) is 0.372. The largest absolute Gasteiger partial charge is 0.370 e. The third-order valence-electron chi connectivity index (χ3n) is 1.50. The molecule has 0 radical (unpaired) electrons. The number of primary amides is 1. The lowest BCUT2D eigenvalue weighted by atomic mass is 10.3. The molecule has 0 saturated heterocycles. The van der Waals surface area contributed by atoms with E-state index < -0.39 is 0 Å². The second kappa shape index (κ2) is 5.11. The minimum absolute atomic E-state index is 0.310. The van der Waals surface area contributed by atoms with E-state index in [1.165, 1.54) is 0 Å². The standard InChI is InChI=1S/C8H10IN3O/c9-5-6-3-4-11-8(12-6)2-1-7(10)13/h3-4H,1-2,5H2,(H2,10,13). The number of nitrogens with zero attached hydrogens (tertiary/aromatic N) is 2. The monoisotopic (exact) mass is 291 g/mol. The maximum absolute atomic E-state index is 10.5. The van der Waals surface area contributed by atoms with Crippen molar-refractivity contribution in [3.8, 4) is 0 Å². The average molecular weight is 291 g/mol. The first kappa shape index (κ1) is 10.4. The van der Waals surface area contributed by atoms with Crippen LogP contribution in [0.2, 0.25) is 0 Å². The summed E-state index contributed by atoms with van der Waals surface area (Å²) >= 11 is 2.23. The SMILES string of the molecule is NC(=O)CCc1nccc(CI)n1. The second-order valence-electron chi connectivity index (χ2n) is 2.56. The highest BCUT2D eigenvalue weighted by Gasteiger charge is 2.00. The first-order valence-corrected chi connectivity index (χ1v) is 5.40. The molecule has 0 aromatic carbocycles. The Bertz CT molecular complexity index is 303. The molecular weight excluding hydrogens is 281 g/mol. The number of carbonyl (C=O) groups is 1. The van der Waals surface area contributed by atoms with E-state index in [-0.39, 0.29) is 5.91 Å². The van der Waals surface area contributed by atoms with Crippen molar-refractivity contribution in [3.63, 3.8) is 0 Å². The van der Waals surface area contributed by atoms with Crippen molar-refractivity contribution < 1.29 is 4.79 Å². The summed E-state index contributed by atoms with van der Waals surface area (Å²) in [6.45, 7) is 0. The molecule has 1 aromatic heterocycles. The normalized spacial score (nSPS) is 9.92. The molecule has 0 aliphatic rings. The number of aromatic nitrogens is 2. The van der Waals surface area contributed by atoms with Gasteiger partial charge in [-0.15, -0.1) is 0 Å². The van der Waals surface area contributed by atoms with Gasteiger partial charge in [-0.2, -0.15) is 0 Å². The lowest BCUT2D eigenvalue weighted by Gasteiger charge is -1.99. The van der Waals surface area contributed by atoms with Crippen LogP contribution in [0.1, 0.15) is 17.9 Å². The third kappa shape index (κ3) is 3.67. The van der Waals surface area contributed by atoms with Crippen molar-refractivity contribution in [2.45, 2.75) is 17.3 Å². The number of halogens is 1. The van der Waals surface area contributed by atoms with Crippen molar-refractivity contribution in [2.24, 2.45) is 5.73 Å². The van der Waals surface area contributed by atoms with Gasteiger partial charge in [0.2, 0.25) is 5.91 Å². The fourth-order valence-corrected chi connectivity index (χ4v) is 1.30. The van der Waals surface area contributed by atoms with Gasteiger partial charge >= 0.3 is 0 Å². The molecule has 0 unspecified atom stereocenters. The van der Waals surface area contributed by atoms with Crippen LogP contribution in [0, 0.1) is 0 Å². The van der Waals surface area contributed by atoms with Gasteiger partial charge in [0.15, 0.2) is 0 Å². The number of hydrogen-bond acceptors (Lipinski definition) is 3. The van der Waals surface area contributed by atoms with Crippen LogP contribution in [0.25, 0.3) is 0 Å². The molecule has 0 aliphatic heterocycles. The van der Waals surface area contributed by atoms with Crippen LogP contribution in [-0.2, 0) is 15.6 Å². The molecule has 0 aliphatic carbocycles. The van der Waals surface area contributed by atoms with Gasteiger partial charge in [-0.05, 0) is 6.07 Å². The number of alkyl halides is 1. The minimum Gasteiger partial charge on any atom is -0.370 e. The average Bonchev–Trinajstić information content (AvgIpc) is 2.15. The van der Waals surface area contributed by atoms with E-state index in [2.05, 4.69) is 32.6 Å². The molecule has 0 fully saturated rings. The van der Waals surface area contributed by atoms with Crippen LogP contribution in [-0.4, -0.2) is 15.9 Å². The van der Waals surface area contributed by atoms with Gasteiger partial charge < -0.3 is 5.73 Å². The van der Waals surface area contributed by atoms with Crippen molar-refractivity contribution in [3.05, 3.63) is 23.8 Å². The molecule has 2 N–H and O–H groups in total. The molecule has 5 heteroatoms. The summed E-state index contributed by atoms with van der Waals surface area (Å²) in [6, 6.07) is 1.86. The molecule has 1 rings (SSSR count). The Morgan fingerprint density at radius 3 is 3.00 bits per heavy atom. The Labute approximate surface area is 90.1 Å². The predicted octanol–water partition coefficient (Wildman–Crippen LogP) is 0.829. The van der Waals surface area contributed by atoms with Crippen LogP contribution < -0.4 is 5.73 Å². The lowest BCUT2D eigenvalue weighted by Crippen LogP contribution is -2.12. The first-order valence-electron chi connectivity index (χ1n) is 3.87. The van der Waals surface area contributed by atoms with Gasteiger partial charge in [0.1, 0.15) is 5.82 Å². The van der Waals surface area contributed by atoms with E-state index in [1.54, 1.807) is 6.20 Å². The molecule has 1 aromatic rings. The van der Waals surface area contributed by atoms with E-state index in [0.29, 0.717) is 18.7 Å². The summed E-state index contributed by atoms with van der Waals surface area (Å²) in [5, 5.41) is 0. The zero-order chi connectivity index (χ0) is 9.68. The maximum atomic E-state index is 10.5.